The Hall–Kier alpha value is -3.15. The molecule has 0 spiro atoms. The third kappa shape index (κ3) is 51.7. The highest BCUT2D eigenvalue weighted by Crippen LogP contribution is 2.14. The van der Waals surface area contributed by atoms with Crippen LogP contribution in [0.2, 0.25) is 0 Å². The monoisotopic (exact) mass is 907 g/mol. The lowest BCUT2D eigenvalue weighted by molar-refractivity contribution is -0.166. The number of carbonyl (C=O) groups excluding carboxylic acids is 3. The molecular weight excluding hydrogens is 805 g/mol. The summed E-state index contributed by atoms with van der Waals surface area (Å²) < 4.78 is 16.7. The summed E-state index contributed by atoms with van der Waals surface area (Å²) in [7, 11) is 0. The lowest BCUT2D eigenvalue weighted by Gasteiger charge is -2.18. The minimum atomic E-state index is -0.839. The zero-order chi connectivity index (χ0) is 47.2. The van der Waals surface area contributed by atoms with Gasteiger partial charge < -0.3 is 14.2 Å². The summed E-state index contributed by atoms with van der Waals surface area (Å²) in [6.45, 7) is 6.50. The van der Waals surface area contributed by atoms with E-state index in [1.807, 2.05) is 12.2 Å². The smallest absolute Gasteiger partial charge is 0.306 e. The van der Waals surface area contributed by atoms with E-state index in [0.717, 1.165) is 32.1 Å². The number of allylic oxidation sites excluding steroid dienone is 12. The van der Waals surface area contributed by atoms with Gasteiger partial charge in [0.1, 0.15) is 13.2 Å². The summed E-state index contributed by atoms with van der Waals surface area (Å²) in [6.07, 6.45) is 67.8. The van der Waals surface area contributed by atoms with Crippen molar-refractivity contribution in [3.63, 3.8) is 0 Å². The Kier molecular flexibility index (Phi) is 50.9. The number of esters is 3. The summed E-state index contributed by atoms with van der Waals surface area (Å²) in [5.41, 5.74) is 0. The first-order valence-corrected chi connectivity index (χ1v) is 27.4. The van der Waals surface area contributed by atoms with E-state index in [2.05, 4.69) is 81.5 Å². The molecule has 0 rings (SSSR count). The lowest BCUT2D eigenvalue weighted by atomic mass is 10.1. The van der Waals surface area contributed by atoms with Crippen LogP contribution in [0, 0.1) is 0 Å². The minimum absolute atomic E-state index is 0.133. The molecule has 0 fully saturated rings. The van der Waals surface area contributed by atoms with Crippen LogP contribution in [-0.2, 0) is 28.6 Å². The second-order valence-electron chi connectivity index (χ2n) is 18.1. The number of rotatable bonds is 49. The molecule has 0 aliphatic carbocycles. The molecule has 0 saturated carbocycles. The average Bonchev–Trinajstić information content (AvgIpc) is 3.30. The van der Waals surface area contributed by atoms with Gasteiger partial charge in [-0.05, 0) is 77.0 Å². The Balaban J connectivity index is 4.54. The molecule has 6 heteroatoms. The molecule has 0 aliphatic heterocycles. The largest absolute Gasteiger partial charge is 0.462 e. The lowest BCUT2D eigenvalue weighted by Crippen LogP contribution is -2.30. The fourth-order valence-corrected chi connectivity index (χ4v) is 7.54. The predicted octanol–water partition coefficient (Wildman–Crippen LogP) is 18.2. The summed E-state index contributed by atoms with van der Waals surface area (Å²) in [4.78, 5) is 38.0. The van der Waals surface area contributed by atoms with Crippen molar-refractivity contribution in [2.45, 2.75) is 271 Å². The third-order valence-electron chi connectivity index (χ3n) is 11.7. The molecule has 0 aromatic heterocycles. The maximum absolute atomic E-state index is 12.8. The summed E-state index contributed by atoms with van der Waals surface area (Å²) >= 11 is 0. The Morgan fingerprint density at radius 1 is 0.308 bits per heavy atom. The average molecular weight is 907 g/mol. The summed E-state index contributed by atoms with van der Waals surface area (Å²) in [5.74, 6) is -1.10. The van der Waals surface area contributed by atoms with Crippen molar-refractivity contribution < 1.29 is 28.6 Å². The molecule has 374 valence electrons. The summed E-state index contributed by atoms with van der Waals surface area (Å²) in [5, 5.41) is 0. The predicted molar refractivity (Wildman–Crippen MR) is 279 cm³/mol. The summed E-state index contributed by atoms with van der Waals surface area (Å²) in [6, 6.07) is 0. The Morgan fingerprint density at radius 3 is 0.908 bits per heavy atom. The van der Waals surface area contributed by atoms with E-state index in [-0.39, 0.29) is 50.4 Å². The van der Waals surface area contributed by atoms with E-state index in [0.29, 0.717) is 19.3 Å². The Bertz CT molecular complexity index is 1230. The van der Waals surface area contributed by atoms with Crippen molar-refractivity contribution in [1.82, 2.24) is 0 Å². The first-order valence-electron chi connectivity index (χ1n) is 27.4. The van der Waals surface area contributed by atoms with Gasteiger partial charge >= 0.3 is 17.9 Å². The fraction of sp³-hybridized carbons (Fsp3) is 0.746. The van der Waals surface area contributed by atoms with Crippen molar-refractivity contribution in [3.8, 4) is 0 Å². The van der Waals surface area contributed by atoms with Gasteiger partial charge in [0.25, 0.3) is 0 Å². The van der Waals surface area contributed by atoms with Gasteiger partial charge in [0.05, 0.1) is 0 Å². The normalized spacial score (nSPS) is 12.6. The van der Waals surface area contributed by atoms with E-state index in [4.69, 9.17) is 14.2 Å². The van der Waals surface area contributed by atoms with Crippen molar-refractivity contribution in [3.05, 3.63) is 72.9 Å². The molecule has 0 heterocycles. The molecule has 0 aromatic carbocycles. The van der Waals surface area contributed by atoms with Gasteiger partial charge in [-0.25, -0.2) is 0 Å². The topological polar surface area (TPSA) is 78.9 Å². The Morgan fingerprint density at radius 2 is 0.554 bits per heavy atom. The zero-order valence-electron chi connectivity index (χ0n) is 42.7. The molecule has 0 N–H and O–H groups in total. The number of hydrogen-bond acceptors (Lipinski definition) is 6. The van der Waals surface area contributed by atoms with Gasteiger partial charge in [0.2, 0.25) is 0 Å². The van der Waals surface area contributed by atoms with Crippen LogP contribution in [0.15, 0.2) is 72.9 Å². The SMILES string of the molecule is CCCCCCC=CCC=CCC=CCC=CCCC(=O)OCC(COC(=O)CCC=CCCCCCCCCCCCCC)OC(=O)CCC=CCCCCCCCCCCCCC. The van der Waals surface area contributed by atoms with Crippen molar-refractivity contribution in [1.29, 1.82) is 0 Å². The highest BCUT2D eigenvalue weighted by atomic mass is 16.6. The van der Waals surface area contributed by atoms with Crippen LogP contribution in [-0.4, -0.2) is 37.2 Å². The van der Waals surface area contributed by atoms with Crippen LogP contribution in [0.5, 0.6) is 0 Å². The van der Waals surface area contributed by atoms with E-state index < -0.39 is 6.10 Å². The molecule has 0 saturated heterocycles. The van der Waals surface area contributed by atoms with E-state index in [1.165, 1.54) is 173 Å². The zero-order valence-corrected chi connectivity index (χ0v) is 42.7. The molecule has 1 unspecified atom stereocenters. The number of ether oxygens (including phenoxy) is 3. The van der Waals surface area contributed by atoms with Crippen LogP contribution in [0.25, 0.3) is 0 Å². The number of unbranched alkanes of at least 4 members (excludes halogenated alkanes) is 26. The molecule has 6 nitrogen and oxygen atoms in total. The second kappa shape index (κ2) is 53.5. The molecule has 0 bridgehead atoms. The van der Waals surface area contributed by atoms with Gasteiger partial charge in [-0.2, -0.15) is 0 Å². The minimum Gasteiger partial charge on any atom is -0.462 e. The van der Waals surface area contributed by atoms with E-state index in [1.54, 1.807) is 0 Å². The highest BCUT2D eigenvalue weighted by molar-refractivity contribution is 5.71. The molecule has 1 atom stereocenters. The molecular formula is C59H102O6. The molecule has 0 aromatic rings. The fourth-order valence-electron chi connectivity index (χ4n) is 7.54. The Labute approximate surface area is 402 Å². The van der Waals surface area contributed by atoms with Gasteiger partial charge in [-0.15, -0.1) is 0 Å². The van der Waals surface area contributed by atoms with Crippen LogP contribution in [0.3, 0.4) is 0 Å². The van der Waals surface area contributed by atoms with E-state index >= 15 is 0 Å². The number of hydrogen-bond donors (Lipinski definition) is 0. The van der Waals surface area contributed by atoms with Crippen LogP contribution >= 0.6 is 0 Å². The maximum Gasteiger partial charge on any atom is 0.306 e. The standard InChI is InChI=1S/C59H102O6/c1-4-7-10-13-16-19-22-25-28-29-32-34-37-40-43-46-49-52-58(61)64-55-56(65-59(62)53-50-47-44-41-38-35-31-27-24-21-18-15-12-9-6-3)54-63-57(60)51-48-45-42-39-36-33-30-26-23-20-17-14-11-8-5-2/h19,22,28-29,34,37,42-47,56H,4-18,20-21,23-27,30-33,35-36,38-41,48-55H2,1-3H3. The van der Waals surface area contributed by atoms with E-state index in [9.17, 15) is 14.4 Å². The van der Waals surface area contributed by atoms with Crippen molar-refractivity contribution >= 4 is 17.9 Å². The quantitative estimate of drug-likeness (QED) is 0.0262. The van der Waals surface area contributed by atoms with Crippen LogP contribution in [0.1, 0.15) is 265 Å². The second-order valence-corrected chi connectivity index (χ2v) is 18.1. The van der Waals surface area contributed by atoms with Gasteiger partial charge in [-0.1, -0.05) is 241 Å². The van der Waals surface area contributed by atoms with Crippen molar-refractivity contribution in [2.24, 2.45) is 0 Å². The first-order chi connectivity index (χ1) is 32.0. The van der Waals surface area contributed by atoms with Crippen LogP contribution < -0.4 is 0 Å². The molecule has 0 radical (unpaired) electrons. The third-order valence-corrected chi connectivity index (χ3v) is 11.7. The molecule has 0 aliphatic rings. The first kappa shape index (κ1) is 61.9. The van der Waals surface area contributed by atoms with Gasteiger partial charge in [0, 0.05) is 19.3 Å². The van der Waals surface area contributed by atoms with Crippen LogP contribution in [0.4, 0.5) is 0 Å². The van der Waals surface area contributed by atoms with Gasteiger partial charge in [0.15, 0.2) is 6.10 Å². The highest BCUT2D eigenvalue weighted by Gasteiger charge is 2.19. The number of carbonyl (C=O) groups is 3. The van der Waals surface area contributed by atoms with Crippen molar-refractivity contribution in [2.75, 3.05) is 13.2 Å². The van der Waals surface area contributed by atoms with Gasteiger partial charge in [-0.3, -0.25) is 14.4 Å². The molecule has 0 amide bonds. The molecule has 65 heavy (non-hydrogen) atoms. The maximum atomic E-state index is 12.8.